The van der Waals surface area contributed by atoms with E-state index >= 15 is 0 Å². The molecule has 114 valence electrons. The summed E-state index contributed by atoms with van der Waals surface area (Å²) >= 11 is 9.94. The zero-order valence-corrected chi connectivity index (χ0v) is 16.4. The Hall–Kier alpha value is -0.400. The summed E-state index contributed by atoms with van der Waals surface area (Å²) in [5.74, 6) is 1.66. The van der Waals surface area contributed by atoms with Crippen LogP contribution in [0, 0.1) is 3.57 Å². The van der Waals surface area contributed by atoms with Gasteiger partial charge < -0.3 is 5.32 Å². The van der Waals surface area contributed by atoms with Gasteiger partial charge in [0.2, 0.25) is 0 Å². The highest BCUT2D eigenvalue weighted by atomic mass is 127. The Bertz CT molecular complexity index is 634. The SMILES string of the molecule is CCCNc1nc(-c2cc(Cl)cs2)nc(C(C)(C)C)c1I. The number of hydrogen-bond acceptors (Lipinski definition) is 4. The predicted octanol–water partition coefficient (Wildman–Crippen LogP) is 5.58. The summed E-state index contributed by atoms with van der Waals surface area (Å²) < 4.78 is 1.10. The molecule has 0 unspecified atom stereocenters. The predicted molar refractivity (Wildman–Crippen MR) is 101 cm³/mol. The largest absolute Gasteiger partial charge is 0.369 e. The number of nitrogens with one attached hydrogen (secondary N) is 1. The third kappa shape index (κ3) is 4.07. The quantitative estimate of drug-likeness (QED) is 0.637. The van der Waals surface area contributed by atoms with Gasteiger partial charge >= 0.3 is 0 Å². The van der Waals surface area contributed by atoms with Crippen LogP contribution in [0.15, 0.2) is 11.4 Å². The molecule has 2 aromatic rings. The van der Waals surface area contributed by atoms with Crippen LogP contribution in [-0.4, -0.2) is 16.5 Å². The van der Waals surface area contributed by atoms with Gasteiger partial charge in [0.05, 0.1) is 19.2 Å². The van der Waals surface area contributed by atoms with Crippen molar-refractivity contribution in [3.8, 4) is 10.7 Å². The molecule has 3 nitrogen and oxygen atoms in total. The van der Waals surface area contributed by atoms with E-state index in [2.05, 4.69) is 60.6 Å². The van der Waals surface area contributed by atoms with Crippen LogP contribution >= 0.6 is 45.5 Å². The van der Waals surface area contributed by atoms with E-state index in [1.54, 1.807) is 11.3 Å². The van der Waals surface area contributed by atoms with Crippen LogP contribution in [-0.2, 0) is 5.41 Å². The van der Waals surface area contributed by atoms with Gasteiger partial charge in [0, 0.05) is 17.3 Å². The normalized spacial score (nSPS) is 11.7. The Balaban J connectivity index is 2.55. The highest BCUT2D eigenvalue weighted by Crippen LogP contribution is 2.34. The zero-order valence-electron chi connectivity index (χ0n) is 12.6. The first-order valence-corrected chi connectivity index (χ1v) is 9.23. The van der Waals surface area contributed by atoms with Gasteiger partial charge in [-0.15, -0.1) is 11.3 Å². The van der Waals surface area contributed by atoms with E-state index in [-0.39, 0.29) is 5.41 Å². The third-order valence-corrected chi connectivity index (χ3v) is 5.19. The minimum absolute atomic E-state index is 0.0298. The highest BCUT2D eigenvalue weighted by Gasteiger charge is 2.23. The molecule has 0 bridgehead atoms. The molecule has 6 heteroatoms. The molecule has 0 amide bonds. The Morgan fingerprint density at radius 2 is 2.05 bits per heavy atom. The Kier molecular flexibility index (Phi) is 5.48. The zero-order chi connectivity index (χ0) is 15.6. The first kappa shape index (κ1) is 17.0. The maximum atomic E-state index is 6.03. The summed E-state index contributed by atoms with van der Waals surface area (Å²) in [7, 11) is 0. The summed E-state index contributed by atoms with van der Waals surface area (Å²) in [6.07, 6.45) is 1.06. The van der Waals surface area contributed by atoms with Crippen LogP contribution in [0.2, 0.25) is 5.02 Å². The number of anilines is 1. The van der Waals surface area contributed by atoms with Crippen molar-refractivity contribution in [2.45, 2.75) is 39.5 Å². The number of halogens is 2. The molecule has 2 rings (SSSR count). The highest BCUT2D eigenvalue weighted by molar-refractivity contribution is 14.1. The van der Waals surface area contributed by atoms with Crippen LogP contribution in [0.5, 0.6) is 0 Å². The molecule has 0 radical (unpaired) electrons. The molecule has 2 heterocycles. The monoisotopic (exact) mass is 435 g/mol. The summed E-state index contributed by atoms with van der Waals surface area (Å²) in [5.41, 5.74) is 1.04. The maximum absolute atomic E-state index is 6.03. The van der Waals surface area contributed by atoms with Gasteiger partial charge in [-0.2, -0.15) is 0 Å². The van der Waals surface area contributed by atoms with Crippen molar-refractivity contribution in [1.29, 1.82) is 0 Å². The van der Waals surface area contributed by atoms with Crippen molar-refractivity contribution in [1.82, 2.24) is 9.97 Å². The average molecular weight is 436 g/mol. The summed E-state index contributed by atoms with van der Waals surface area (Å²) in [4.78, 5) is 10.5. The standard InChI is InChI=1S/C15H19ClIN3S/c1-5-6-18-14-11(17)12(15(2,3)4)19-13(20-14)10-7-9(16)8-21-10/h7-8H,5-6H2,1-4H3,(H,18,19,20). The van der Waals surface area contributed by atoms with E-state index in [0.717, 1.165) is 43.8 Å². The molecule has 0 fully saturated rings. The fourth-order valence-corrected chi connectivity index (χ4v) is 4.09. The second kappa shape index (κ2) is 6.79. The van der Waals surface area contributed by atoms with Gasteiger partial charge in [-0.1, -0.05) is 39.3 Å². The lowest BCUT2D eigenvalue weighted by Crippen LogP contribution is -2.19. The van der Waals surface area contributed by atoms with Crippen molar-refractivity contribution in [3.63, 3.8) is 0 Å². The summed E-state index contributed by atoms with van der Waals surface area (Å²) in [6.45, 7) is 9.57. The smallest absolute Gasteiger partial charge is 0.172 e. The van der Waals surface area contributed by atoms with E-state index in [4.69, 9.17) is 16.6 Å². The van der Waals surface area contributed by atoms with Crippen molar-refractivity contribution >= 4 is 51.3 Å². The molecule has 0 saturated carbocycles. The Morgan fingerprint density at radius 1 is 1.33 bits per heavy atom. The molecule has 21 heavy (non-hydrogen) atoms. The number of thiophene rings is 1. The molecule has 0 spiro atoms. The van der Waals surface area contributed by atoms with E-state index in [0.29, 0.717) is 0 Å². The minimum Gasteiger partial charge on any atom is -0.369 e. The van der Waals surface area contributed by atoms with E-state index in [9.17, 15) is 0 Å². The lowest BCUT2D eigenvalue weighted by atomic mass is 9.92. The summed E-state index contributed by atoms with van der Waals surface area (Å²) in [5, 5.41) is 6.05. The van der Waals surface area contributed by atoms with Crippen molar-refractivity contribution < 1.29 is 0 Å². The van der Waals surface area contributed by atoms with Gasteiger partial charge in [0.15, 0.2) is 5.82 Å². The number of nitrogens with zero attached hydrogens (tertiary/aromatic N) is 2. The van der Waals surface area contributed by atoms with Crippen LogP contribution in [0.3, 0.4) is 0 Å². The maximum Gasteiger partial charge on any atom is 0.172 e. The second-order valence-corrected chi connectivity index (χ2v) is 8.29. The average Bonchev–Trinajstić information content (AvgIpc) is 2.83. The first-order valence-electron chi connectivity index (χ1n) is 6.89. The van der Waals surface area contributed by atoms with E-state index in [1.165, 1.54) is 0 Å². The number of aromatic nitrogens is 2. The van der Waals surface area contributed by atoms with Crippen LogP contribution in [0.1, 0.15) is 39.8 Å². The number of hydrogen-bond donors (Lipinski definition) is 1. The topological polar surface area (TPSA) is 37.8 Å². The third-order valence-electron chi connectivity index (χ3n) is 2.89. The molecule has 0 aliphatic rings. The summed E-state index contributed by atoms with van der Waals surface area (Å²) in [6, 6.07) is 1.92. The van der Waals surface area contributed by atoms with Crippen LogP contribution in [0.4, 0.5) is 5.82 Å². The van der Waals surface area contributed by atoms with Gasteiger partial charge in [0.25, 0.3) is 0 Å². The lowest BCUT2D eigenvalue weighted by molar-refractivity contribution is 0.564. The van der Waals surface area contributed by atoms with E-state index < -0.39 is 0 Å². The molecular formula is C15H19ClIN3S. The van der Waals surface area contributed by atoms with Crippen molar-refractivity contribution in [2.75, 3.05) is 11.9 Å². The lowest BCUT2D eigenvalue weighted by Gasteiger charge is -2.22. The fourth-order valence-electron chi connectivity index (χ4n) is 1.85. The van der Waals surface area contributed by atoms with Gasteiger partial charge in [0.1, 0.15) is 5.82 Å². The molecule has 0 aromatic carbocycles. The van der Waals surface area contributed by atoms with Gasteiger partial charge in [-0.05, 0) is 35.1 Å². The molecule has 0 aliphatic carbocycles. The Labute approximate surface area is 148 Å². The van der Waals surface area contributed by atoms with Crippen molar-refractivity contribution in [3.05, 3.63) is 25.7 Å². The molecule has 2 aromatic heterocycles. The minimum atomic E-state index is -0.0298. The second-order valence-electron chi connectivity index (χ2n) is 5.86. The fraction of sp³-hybridized carbons (Fsp3) is 0.467. The molecule has 0 saturated heterocycles. The van der Waals surface area contributed by atoms with Gasteiger partial charge in [-0.3, -0.25) is 0 Å². The van der Waals surface area contributed by atoms with Crippen molar-refractivity contribution in [2.24, 2.45) is 0 Å². The van der Waals surface area contributed by atoms with Gasteiger partial charge in [-0.25, -0.2) is 9.97 Å². The molecule has 0 atom stereocenters. The van der Waals surface area contributed by atoms with E-state index in [1.807, 2.05) is 11.4 Å². The molecule has 1 N–H and O–H groups in total. The first-order chi connectivity index (χ1) is 9.82. The van der Waals surface area contributed by atoms with Crippen LogP contribution in [0.25, 0.3) is 10.7 Å². The Morgan fingerprint density at radius 3 is 2.57 bits per heavy atom. The molecule has 0 aliphatic heterocycles. The molecular weight excluding hydrogens is 417 g/mol. The number of rotatable bonds is 4. The van der Waals surface area contributed by atoms with Crippen LogP contribution < -0.4 is 5.32 Å².